The van der Waals surface area contributed by atoms with Crippen LogP contribution in [0, 0.1) is 11.3 Å². The first-order valence-corrected chi connectivity index (χ1v) is 6.61. The Kier molecular flexibility index (Phi) is 2.69. The summed E-state index contributed by atoms with van der Waals surface area (Å²) in [6.45, 7) is 2.39. The van der Waals surface area contributed by atoms with Crippen molar-refractivity contribution < 1.29 is 0 Å². The van der Waals surface area contributed by atoms with Crippen LogP contribution >= 0.6 is 22.6 Å². The van der Waals surface area contributed by atoms with Crippen molar-refractivity contribution in [3.63, 3.8) is 0 Å². The average molecular weight is 278 g/mol. The SMILES string of the molecule is C[C@H](I)C1CCC2(CCCC2)C1. The molecule has 0 aromatic rings. The van der Waals surface area contributed by atoms with Crippen LogP contribution in [0.2, 0.25) is 0 Å². The van der Waals surface area contributed by atoms with E-state index >= 15 is 0 Å². The second kappa shape index (κ2) is 3.47. The van der Waals surface area contributed by atoms with Crippen molar-refractivity contribution >= 4 is 22.6 Å². The molecule has 1 spiro atoms. The third kappa shape index (κ3) is 1.66. The summed E-state index contributed by atoms with van der Waals surface area (Å²) >= 11 is 2.61. The molecule has 0 bridgehead atoms. The molecule has 0 saturated heterocycles. The van der Waals surface area contributed by atoms with E-state index in [-0.39, 0.29) is 0 Å². The predicted molar refractivity (Wildman–Crippen MR) is 61.7 cm³/mol. The maximum atomic E-state index is 2.61. The molecule has 0 heterocycles. The average Bonchev–Trinajstić information content (AvgIpc) is 2.62. The normalized spacial score (nSPS) is 36.0. The Bertz CT molecular complexity index is 156. The predicted octanol–water partition coefficient (Wildman–Crippen LogP) is 4.17. The molecule has 70 valence electrons. The first-order valence-electron chi connectivity index (χ1n) is 5.36. The van der Waals surface area contributed by atoms with Crippen LogP contribution in [0.4, 0.5) is 0 Å². The van der Waals surface area contributed by atoms with Crippen LogP contribution in [0.15, 0.2) is 0 Å². The van der Waals surface area contributed by atoms with Crippen molar-refractivity contribution in [2.75, 3.05) is 0 Å². The van der Waals surface area contributed by atoms with E-state index in [1.807, 2.05) is 0 Å². The zero-order chi connectivity index (χ0) is 8.60. The number of hydrogen-bond donors (Lipinski definition) is 0. The standard InChI is InChI=1S/C11H19I/c1-9(12)10-4-7-11(8-10)5-2-3-6-11/h9-10H,2-8H2,1H3/t9-,10?/m0/s1. The summed E-state index contributed by atoms with van der Waals surface area (Å²) in [6.07, 6.45) is 10.7. The van der Waals surface area contributed by atoms with Crippen molar-refractivity contribution in [1.82, 2.24) is 0 Å². The van der Waals surface area contributed by atoms with Gasteiger partial charge >= 0.3 is 0 Å². The van der Waals surface area contributed by atoms with Crippen molar-refractivity contribution in [2.45, 2.75) is 55.8 Å². The van der Waals surface area contributed by atoms with Crippen molar-refractivity contribution in [2.24, 2.45) is 11.3 Å². The summed E-state index contributed by atoms with van der Waals surface area (Å²) in [5.74, 6) is 1.05. The summed E-state index contributed by atoms with van der Waals surface area (Å²) in [5.41, 5.74) is 0.837. The van der Waals surface area contributed by atoms with Gasteiger partial charge < -0.3 is 0 Å². The Morgan fingerprint density at radius 3 is 2.42 bits per heavy atom. The molecule has 0 radical (unpaired) electrons. The van der Waals surface area contributed by atoms with Gasteiger partial charge in [-0.05, 0) is 43.4 Å². The molecule has 12 heavy (non-hydrogen) atoms. The lowest BCUT2D eigenvalue weighted by molar-refractivity contribution is 0.295. The van der Waals surface area contributed by atoms with Crippen LogP contribution in [0.5, 0.6) is 0 Å². The Morgan fingerprint density at radius 2 is 1.92 bits per heavy atom. The number of hydrogen-bond acceptors (Lipinski definition) is 0. The number of rotatable bonds is 1. The topological polar surface area (TPSA) is 0 Å². The van der Waals surface area contributed by atoms with E-state index in [9.17, 15) is 0 Å². The highest BCUT2D eigenvalue weighted by Gasteiger charge is 2.41. The zero-order valence-corrected chi connectivity index (χ0v) is 10.1. The summed E-state index contributed by atoms with van der Waals surface area (Å²) in [4.78, 5) is 0. The fourth-order valence-electron chi connectivity index (χ4n) is 3.22. The molecule has 0 nitrogen and oxygen atoms in total. The molecule has 0 aromatic carbocycles. The Balaban J connectivity index is 1.96. The van der Waals surface area contributed by atoms with Gasteiger partial charge in [-0.3, -0.25) is 0 Å². The van der Waals surface area contributed by atoms with Gasteiger partial charge in [0, 0.05) is 3.92 Å². The lowest BCUT2D eigenvalue weighted by Gasteiger charge is -2.23. The van der Waals surface area contributed by atoms with E-state index in [1.165, 1.54) is 19.3 Å². The zero-order valence-electron chi connectivity index (χ0n) is 7.98. The molecule has 0 aliphatic heterocycles. The number of halogens is 1. The Hall–Kier alpha value is 0.730. The lowest BCUT2D eigenvalue weighted by Crippen LogP contribution is -2.13. The number of alkyl halides is 1. The van der Waals surface area contributed by atoms with Gasteiger partial charge in [-0.15, -0.1) is 0 Å². The molecule has 2 saturated carbocycles. The van der Waals surface area contributed by atoms with Gasteiger partial charge in [-0.25, -0.2) is 0 Å². The van der Waals surface area contributed by atoms with Gasteiger partial charge in [0.1, 0.15) is 0 Å². The molecule has 0 N–H and O–H groups in total. The fraction of sp³-hybridized carbons (Fsp3) is 1.00. The third-order valence-corrected chi connectivity index (χ3v) is 5.07. The van der Waals surface area contributed by atoms with Crippen LogP contribution < -0.4 is 0 Å². The third-order valence-electron chi connectivity index (χ3n) is 4.05. The first kappa shape index (κ1) is 9.29. The molecule has 0 aromatic heterocycles. The van der Waals surface area contributed by atoms with E-state index in [0.717, 1.165) is 15.3 Å². The van der Waals surface area contributed by atoms with Gasteiger partial charge in [0.15, 0.2) is 0 Å². The minimum atomic E-state index is 0.837. The van der Waals surface area contributed by atoms with Crippen LogP contribution in [0.1, 0.15) is 51.9 Å². The fourth-order valence-corrected chi connectivity index (χ4v) is 3.84. The van der Waals surface area contributed by atoms with E-state index < -0.39 is 0 Å². The van der Waals surface area contributed by atoms with Gasteiger partial charge in [-0.1, -0.05) is 42.4 Å². The smallest absolute Gasteiger partial charge is 0.0110 e. The van der Waals surface area contributed by atoms with Gasteiger partial charge in [0.2, 0.25) is 0 Å². The second-order valence-electron chi connectivity index (χ2n) is 4.89. The van der Waals surface area contributed by atoms with E-state index in [4.69, 9.17) is 0 Å². The van der Waals surface area contributed by atoms with Crippen LogP contribution in [-0.4, -0.2) is 3.92 Å². The highest BCUT2D eigenvalue weighted by atomic mass is 127. The van der Waals surface area contributed by atoms with E-state index in [0.29, 0.717) is 0 Å². The second-order valence-corrected chi connectivity index (χ2v) is 6.85. The molecular weight excluding hydrogens is 259 g/mol. The summed E-state index contributed by atoms with van der Waals surface area (Å²) in [7, 11) is 0. The van der Waals surface area contributed by atoms with Crippen LogP contribution in [-0.2, 0) is 0 Å². The van der Waals surface area contributed by atoms with Crippen LogP contribution in [0.25, 0.3) is 0 Å². The minimum absolute atomic E-state index is 0.837. The Labute approximate surface area is 89.6 Å². The van der Waals surface area contributed by atoms with Gasteiger partial charge in [-0.2, -0.15) is 0 Å². The summed E-state index contributed by atoms with van der Waals surface area (Å²) in [6, 6.07) is 0. The molecule has 0 amide bonds. The van der Waals surface area contributed by atoms with Crippen molar-refractivity contribution in [3.05, 3.63) is 0 Å². The molecule has 2 atom stereocenters. The summed E-state index contributed by atoms with van der Waals surface area (Å²) < 4.78 is 0.905. The molecule has 1 heteroatoms. The molecule has 2 rings (SSSR count). The molecule has 2 aliphatic rings. The minimum Gasteiger partial charge on any atom is -0.0826 e. The van der Waals surface area contributed by atoms with E-state index in [2.05, 4.69) is 29.5 Å². The monoisotopic (exact) mass is 278 g/mol. The highest BCUT2D eigenvalue weighted by Crippen LogP contribution is 2.53. The van der Waals surface area contributed by atoms with E-state index in [1.54, 1.807) is 25.7 Å². The Morgan fingerprint density at radius 1 is 1.25 bits per heavy atom. The van der Waals surface area contributed by atoms with Crippen molar-refractivity contribution in [1.29, 1.82) is 0 Å². The maximum absolute atomic E-state index is 2.61. The molecule has 1 unspecified atom stereocenters. The highest BCUT2D eigenvalue weighted by molar-refractivity contribution is 14.1. The summed E-state index contributed by atoms with van der Waals surface area (Å²) in [5, 5.41) is 0. The largest absolute Gasteiger partial charge is 0.0826 e. The van der Waals surface area contributed by atoms with Gasteiger partial charge in [0.25, 0.3) is 0 Å². The molecular formula is C11H19I. The lowest BCUT2D eigenvalue weighted by atomic mass is 9.83. The maximum Gasteiger partial charge on any atom is 0.0110 e. The first-order chi connectivity index (χ1) is 5.72. The van der Waals surface area contributed by atoms with Crippen molar-refractivity contribution in [3.8, 4) is 0 Å². The molecule has 2 fully saturated rings. The quantitative estimate of drug-likeness (QED) is 0.499. The molecule has 2 aliphatic carbocycles. The van der Waals surface area contributed by atoms with Gasteiger partial charge in [0.05, 0.1) is 0 Å². The van der Waals surface area contributed by atoms with Crippen LogP contribution in [0.3, 0.4) is 0 Å².